The summed E-state index contributed by atoms with van der Waals surface area (Å²) in [6.07, 6.45) is 1.18. The third-order valence-corrected chi connectivity index (χ3v) is 2.75. The van der Waals surface area contributed by atoms with E-state index >= 15 is 0 Å². The molecule has 0 amide bonds. The van der Waals surface area contributed by atoms with Gasteiger partial charge in [-0.3, -0.25) is 4.98 Å². The quantitative estimate of drug-likeness (QED) is 0.909. The summed E-state index contributed by atoms with van der Waals surface area (Å²) in [6, 6.07) is 9.81. The number of nitrogens with zero attached hydrogens (tertiary/aromatic N) is 1. The molecule has 0 spiro atoms. The van der Waals surface area contributed by atoms with Gasteiger partial charge in [0.15, 0.2) is 0 Å². The smallest absolute Gasteiger partial charge is 0.142 e. The minimum Gasteiger partial charge on any atom is -0.386 e. The van der Waals surface area contributed by atoms with Crippen molar-refractivity contribution in [1.29, 1.82) is 0 Å². The van der Waals surface area contributed by atoms with E-state index in [0.717, 1.165) is 0 Å². The predicted molar refractivity (Wildman–Crippen MR) is 64.3 cm³/mol. The van der Waals surface area contributed by atoms with Gasteiger partial charge in [0.05, 0.1) is 16.8 Å². The second kappa shape index (κ2) is 5.25. The van der Waals surface area contributed by atoms with Gasteiger partial charge in [0.1, 0.15) is 5.82 Å². The second-order valence-corrected chi connectivity index (χ2v) is 4.13. The van der Waals surface area contributed by atoms with E-state index < -0.39 is 11.9 Å². The molecular weight excluding hydrogens is 241 g/mol. The van der Waals surface area contributed by atoms with Crippen LogP contribution < -0.4 is 0 Å². The summed E-state index contributed by atoms with van der Waals surface area (Å²) in [6.45, 7) is 0. The molecule has 0 fully saturated rings. The van der Waals surface area contributed by atoms with Crippen molar-refractivity contribution in [3.8, 4) is 0 Å². The van der Waals surface area contributed by atoms with Crippen molar-refractivity contribution in [2.45, 2.75) is 12.5 Å². The van der Waals surface area contributed by atoms with Gasteiger partial charge in [0, 0.05) is 12.6 Å². The van der Waals surface area contributed by atoms with E-state index in [1.807, 2.05) is 0 Å². The average Bonchev–Trinajstić information content (AvgIpc) is 2.35. The first kappa shape index (κ1) is 12.0. The largest absolute Gasteiger partial charge is 0.386 e. The normalized spacial score (nSPS) is 12.4. The van der Waals surface area contributed by atoms with E-state index in [-0.39, 0.29) is 5.02 Å². The highest BCUT2D eigenvalue weighted by molar-refractivity contribution is 6.30. The predicted octanol–water partition coefficient (Wildman–Crippen LogP) is 3.15. The summed E-state index contributed by atoms with van der Waals surface area (Å²) in [4.78, 5) is 4.04. The van der Waals surface area contributed by atoms with Crippen molar-refractivity contribution in [3.05, 3.63) is 64.7 Å². The van der Waals surface area contributed by atoms with Crippen molar-refractivity contribution in [2.24, 2.45) is 0 Å². The Hall–Kier alpha value is -1.45. The van der Waals surface area contributed by atoms with Gasteiger partial charge in [0.2, 0.25) is 0 Å². The molecule has 0 saturated carbocycles. The maximum Gasteiger partial charge on any atom is 0.142 e. The van der Waals surface area contributed by atoms with Gasteiger partial charge in [0.25, 0.3) is 0 Å². The summed E-state index contributed by atoms with van der Waals surface area (Å²) in [7, 11) is 0. The third kappa shape index (κ3) is 3.02. The van der Waals surface area contributed by atoms with Gasteiger partial charge in [-0.15, -0.1) is 0 Å². The van der Waals surface area contributed by atoms with E-state index in [2.05, 4.69) is 4.98 Å². The highest BCUT2D eigenvalue weighted by Gasteiger charge is 2.10. The summed E-state index contributed by atoms with van der Waals surface area (Å²) < 4.78 is 13.2. The van der Waals surface area contributed by atoms with Crippen molar-refractivity contribution in [1.82, 2.24) is 4.98 Å². The topological polar surface area (TPSA) is 33.1 Å². The van der Waals surface area contributed by atoms with E-state index in [1.165, 1.54) is 12.1 Å². The molecule has 17 heavy (non-hydrogen) atoms. The number of hydrogen-bond acceptors (Lipinski definition) is 2. The number of rotatable bonds is 3. The average molecular weight is 252 g/mol. The van der Waals surface area contributed by atoms with Gasteiger partial charge in [-0.1, -0.05) is 23.7 Å². The Morgan fingerprint density at radius 1 is 1.29 bits per heavy atom. The fourth-order valence-electron chi connectivity index (χ4n) is 1.57. The van der Waals surface area contributed by atoms with Crippen molar-refractivity contribution >= 4 is 11.6 Å². The Bertz CT molecular complexity index is 504. The Morgan fingerprint density at radius 2 is 2.12 bits per heavy atom. The standard InChI is InChI=1S/C13H11ClFNO/c14-10-5-4-9(7-11(10)15)8-13(17)12-3-1-2-6-16-12/h1-7,13,17H,8H2. The molecule has 1 unspecified atom stereocenters. The lowest BCUT2D eigenvalue weighted by Crippen LogP contribution is -2.04. The van der Waals surface area contributed by atoms with Crippen LogP contribution in [0.5, 0.6) is 0 Å². The molecule has 0 radical (unpaired) electrons. The molecule has 88 valence electrons. The van der Waals surface area contributed by atoms with E-state index in [4.69, 9.17) is 11.6 Å². The molecule has 1 aromatic heterocycles. The van der Waals surface area contributed by atoms with Gasteiger partial charge >= 0.3 is 0 Å². The summed E-state index contributed by atoms with van der Waals surface area (Å²) >= 11 is 5.58. The third-order valence-electron chi connectivity index (χ3n) is 2.44. The lowest BCUT2D eigenvalue weighted by atomic mass is 10.1. The van der Waals surface area contributed by atoms with Crippen LogP contribution in [0.25, 0.3) is 0 Å². The molecule has 2 nitrogen and oxygen atoms in total. The Kier molecular flexibility index (Phi) is 3.71. The van der Waals surface area contributed by atoms with Crippen LogP contribution >= 0.6 is 11.6 Å². The Labute approximate surface area is 104 Å². The zero-order chi connectivity index (χ0) is 12.3. The molecule has 1 aromatic carbocycles. The molecule has 0 aliphatic carbocycles. The van der Waals surface area contributed by atoms with Crippen LogP contribution in [0.4, 0.5) is 4.39 Å². The van der Waals surface area contributed by atoms with Crippen LogP contribution in [0.3, 0.4) is 0 Å². The summed E-state index contributed by atoms with van der Waals surface area (Å²) in [5.74, 6) is -0.475. The molecule has 1 atom stereocenters. The van der Waals surface area contributed by atoms with Gasteiger partial charge in [-0.2, -0.15) is 0 Å². The number of pyridine rings is 1. The molecule has 2 aromatic rings. The molecule has 2 rings (SSSR count). The first-order chi connectivity index (χ1) is 8.16. The number of aliphatic hydroxyl groups excluding tert-OH is 1. The molecule has 4 heteroatoms. The SMILES string of the molecule is OC(Cc1ccc(Cl)c(F)c1)c1ccccn1. The number of halogens is 2. The summed E-state index contributed by atoms with van der Waals surface area (Å²) in [5.41, 5.74) is 1.26. The molecule has 0 saturated heterocycles. The van der Waals surface area contributed by atoms with E-state index in [0.29, 0.717) is 17.7 Å². The van der Waals surface area contributed by atoms with Crippen LogP contribution in [-0.4, -0.2) is 10.1 Å². The highest BCUT2D eigenvalue weighted by atomic mass is 35.5. The molecule has 0 aliphatic rings. The van der Waals surface area contributed by atoms with Crippen molar-refractivity contribution in [2.75, 3.05) is 0 Å². The fourth-order valence-corrected chi connectivity index (χ4v) is 1.69. The highest BCUT2D eigenvalue weighted by Crippen LogP contribution is 2.20. The Morgan fingerprint density at radius 3 is 2.76 bits per heavy atom. The number of aliphatic hydroxyl groups is 1. The zero-order valence-corrected chi connectivity index (χ0v) is 9.73. The second-order valence-electron chi connectivity index (χ2n) is 3.72. The van der Waals surface area contributed by atoms with Crippen molar-refractivity contribution in [3.63, 3.8) is 0 Å². The van der Waals surface area contributed by atoms with Crippen molar-refractivity contribution < 1.29 is 9.50 Å². The van der Waals surface area contributed by atoms with Crippen LogP contribution in [0.15, 0.2) is 42.6 Å². The molecule has 0 bridgehead atoms. The van der Waals surface area contributed by atoms with Crippen LogP contribution in [0, 0.1) is 5.82 Å². The van der Waals surface area contributed by atoms with Gasteiger partial charge < -0.3 is 5.11 Å². The van der Waals surface area contributed by atoms with E-state index in [9.17, 15) is 9.50 Å². The first-order valence-corrected chi connectivity index (χ1v) is 5.57. The maximum absolute atomic E-state index is 13.2. The molecule has 1 N–H and O–H groups in total. The number of hydrogen-bond donors (Lipinski definition) is 1. The lowest BCUT2D eigenvalue weighted by molar-refractivity contribution is 0.173. The number of benzene rings is 1. The number of aromatic nitrogens is 1. The van der Waals surface area contributed by atoms with E-state index in [1.54, 1.807) is 30.5 Å². The Balaban J connectivity index is 2.13. The lowest BCUT2D eigenvalue weighted by Gasteiger charge is -2.10. The first-order valence-electron chi connectivity index (χ1n) is 5.20. The van der Waals surface area contributed by atoms with Crippen LogP contribution in [-0.2, 0) is 6.42 Å². The monoisotopic (exact) mass is 251 g/mol. The van der Waals surface area contributed by atoms with Crippen LogP contribution in [0.2, 0.25) is 5.02 Å². The fraction of sp³-hybridized carbons (Fsp3) is 0.154. The minimum absolute atomic E-state index is 0.0843. The maximum atomic E-state index is 13.2. The minimum atomic E-state index is -0.739. The molecule has 1 heterocycles. The van der Waals surface area contributed by atoms with Gasteiger partial charge in [-0.25, -0.2) is 4.39 Å². The van der Waals surface area contributed by atoms with Gasteiger partial charge in [-0.05, 0) is 29.8 Å². The van der Waals surface area contributed by atoms with Crippen LogP contribution in [0.1, 0.15) is 17.4 Å². The molecule has 0 aliphatic heterocycles. The summed E-state index contributed by atoms with van der Waals surface area (Å²) in [5, 5.41) is 10.0. The zero-order valence-electron chi connectivity index (χ0n) is 8.98. The molecular formula is C13H11ClFNO.